The molecule has 5 nitrogen and oxygen atoms in total. The number of aromatic nitrogens is 1. The number of hydrogen-bond donors (Lipinski definition) is 1. The summed E-state index contributed by atoms with van der Waals surface area (Å²) in [6, 6.07) is 13.2. The number of hydrogen-bond acceptors (Lipinski definition) is 3. The second-order valence-corrected chi connectivity index (χ2v) is 7.16. The summed E-state index contributed by atoms with van der Waals surface area (Å²) in [5, 5.41) is 5.03. The lowest BCUT2D eigenvalue weighted by molar-refractivity contribution is 0.113. The molecular weight excluding hydrogens is 381 g/mol. The lowest BCUT2D eigenvalue weighted by Crippen LogP contribution is -2.43. The fourth-order valence-corrected chi connectivity index (χ4v) is 3.40. The number of halogens is 2. The van der Waals surface area contributed by atoms with Gasteiger partial charge in [-0.15, -0.1) is 0 Å². The van der Waals surface area contributed by atoms with Gasteiger partial charge >= 0.3 is 6.03 Å². The molecule has 1 fully saturated rings. The van der Waals surface area contributed by atoms with E-state index in [9.17, 15) is 9.18 Å². The van der Waals surface area contributed by atoms with Gasteiger partial charge in [-0.05, 0) is 47.9 Å². The summed E-state index contributed by atoms with van der Waals surface area (Å²) in [5.74, 6) is 0.111. The van der Waals surface area contributed by atoms with Crippen molar-refractivity contribution in [3.8, 4) is 5.88 Å². The van der Waals surface area contributed by atoms with Crippen molar-refractivity contribution in [3.63, 3.8) is 0 Å². The number of ether oxygens (including phenoxy) is 1. The van der Waals surface area contributed by atoms with Crippen LogP contribution in [0.5, 0.6) is 5.88 Å². The molecule has 1 saturated heterocycles. The maximum atomic E-state index is 13.6. The highest BCUT2D eigenvalue weighted by molar-refractivity contribution is 6.30. The Morgan fingerprint density at radius 1 is 1.14 bits per heavy atom. The van der Waals surface area contributed by atoms with Gasteiger partial charge in [-0.2, -0.15) is 0 Å². The van der Waals surface area contributed by atoms with Crippen molar-refractivity contribution >= 4 is 34.1 Å². The number of likely N-dealkylation sites (tertiary alicyclic amines) is 1. The van der Waals surface area contributed by atoms with Crippen molar-refractivity contribution in [2.24, 2.45) is 0 Å². The molecule has 144 valence electrons. The summed E-state index contributed by atoms with van der Waals surface area (Å²) in [4.78, 5) is 18.4. The molecule has 1 aliphatic rings. The van der Waals surface area contributed by atoms with Crippen molar-refractivity contribution < 1.29 is 13.9 Å². The first-order chi connectivity index (χ1) is 13.6. The van der Waals surface area contributed by atoms with Crippen LogP contribution in [0, 0.1) is 5.82 Å². The lowest BCUT2D eigenvalue weighted by atomic mass is 10.1. The molecule has 3 aromatic rings. The molecule has 0 atom stereocenters. The van der Waals surface area contributed by atoms with E-state index in [0.29, 0.717) is 47.9 Å². The van der Waals surface area contributed by atoms with Crippen molar-refractivity contribution in [1.29, 1.82) is 0 Å². The van der Waals surface area contributed by atoms with Gasteiger partial charge in [-0.25, -0.2) is 14.2 Å². The van der Waals surface area contributed by atoms with Crippen molar-refractivity contribution in [2.75, 3.05) is 18.4 Å². The Labute approximate surface area is 167 Å². The summed E-state index contributed by atoms with van der Waals surface area (Å²) >= 11 is 5.86. The van der Waals surface area contributed by atoms with Crippen LogP contribution in [0.15, 0.2) is 54.7 Å². The van der Waals surface area contributed by atoms with Crippen LogP contribution in [0.3, 0.4) is 0 Å². The SMILES string of the molecule is O=C(Nc1ccc(Cl)cc1)N1CCC(Oc2nccc3ccc(F)cc23)CC1. The van der Waals surface area contributed by atoms with Crippen molar-refractivity contribution in [1.82, 2.24) is 9.88 Å². The zero-order valence-corrected chi connectivity index (χ0v) is 15.8. The fraction of sp³-hybridized carbons (Fsp3) is 0.238. The van der Waals surface area contributed by atoms with Gasteiger partial charge in [0.1, 0.15) is 11.9 Å². The predicted octanol–water partition coefficient (Wildman–Crippen LogP) is 5.10. The number of nitrogens with one attached hydrogen (secondary N) is 1. The van der Waals surface area contributed by atoms with Crippen LogP contribution in [0.1, 0.15) is 12.8 Å². The number of nitrogens with zero attached hydrogens (tertiary/aromatic N) is 2. The third-order valence-electron chi connectivity index (χ3n) is 4.79. The maximum absolute atomic E-state index is 13.6. The highest BCUT2D eigenvalue weighted by Crippen LogP contribution is 2.27. The summed E-state index contributed by atoms with van der Waals surface area (Å²) < 4.78 is 19.6. The number of anilines is 1. The Hall–Kier alpha value is -2.86. The minimum absolute atomic E-state index is 0.0686. The Bertz CT molecular complexity index is 989. The molecule has 0 aliphatic carbocycles. The van der Waals surface area contributed by atoms with Crippen LogP contribution in [0.25, 0.3) is 10.8 Å². The number of pyridine rings is 1. The van der Waals surface area contributed by atoms with Crippen LogP contribution < -0.4 is 10.1 Å². The molecule has 0 radical (unpaired) electrons. The van der Waals surface area contributed by atoms with E-state index in [1.165, 1.54) is 12.1 Å². The van der Waals surface area contributed by atoms with E-state index < -0.39 is 0 Å². The number of benzene rings is 2. The second-order valence-electron chi connectivity index (χ2n) is 6.72. The third-order valence-corrected chi connectivity index (χ3v) is 5.05. The van der Waals surface area contributed by atoms with Crippen molar-refractivity contribution in [2.45, 2.75) is 18.9 Å². The minimum Gasteiger partial charge on any atom is -0.474 e. The van der Waals surface area contributed by atoms with Gasteiger partial charge < -0.3 is 15.0 Å². The van der Waals surface area contributed by atoms with E-state index in [2.05, 4.69) is 10.3 Å². The van der Waals surface area contributed by atoms with Gasteiger partial charge in [0.15, 0.2) is 0 Å². The van der Waals surface area contributed by atoms with E-state index in [1.54, 1.807) is 41.4 Å². The van der Waals surface area contributed by atoms with Gasteiger partial charge in [0.05, 0.1) is 0 Å². The lowest BCUT2D eigenvalue weighted by Gasteiger charge is -2.32. The van der Waals surface area contributed by atoms with E-state index >= 15 is 0 Å². The van der Waals surface area contributed by atoms with Crippen LogP contribution in [0.2, 0.25) is 5.02 Å². The Kier molecular flexibility index (Phi) is 5.30. The smallest absolute Gasteiger partial charge is 0.321 e. The molecule has 0 bridgehead atoms. The van der Waals surface area contributed by atoms with E-state index in [4.69, 9.17) is 16.3 Å². The van der Waals surface area contributed by atoms with Gasteiger partial charge in [-0.3, -0.25) is 0 Å². The van der Waals surface area contributed by atoms with Crippen molar-refractivity contribution in [3.05, 3.63) is 65.6 Å². The van der Waals surface area contributed by atoms with E-state index in [0.717, 1.165) is 5.39 Å². The molecule has 4 rings (SSSR count). The number of carbonyl (C=O) groups is 1. The number of carbonyl (C=O) groups excluding carboxylic acids is 1. The predicted molar refractivity (Wildman–Crippen MR) is 107 cm³/mol. The zero-order chi connectivity index (χ0) is 19.5. The van der Waals surface area contributed by atoms with Gasteiger partial charge in [0.2, 0.25) is 5.88 Å². The van der Waals surface area contributed by atoms with Gasteiger partial charge in [0, 0.05) is 48.2 Å². The number of urea groups is 1. The normalized spacial score (nSPS) is 14.9. The second kappa shape index (κ2) is 8.02. The van der Waals surface area contributed by atoms with Crippen LogP contribution >= 0.6 is 11.6 Å². The average Bonchev–Trinajstić information content (AvgIpc) is 2.71. The quantitative estimate of drug-likeness (QED) is 0.666. The van der Waals surface area contributed by atoms with Gasteiger partial charge in [-0.1, -0.05) is 17.7 Å². The summed E-state index contributed by atoms with van der Waals surface area (Å²) in [6.45, 7) is 1.15. The highest BCUT2D eigenvalue weighted by Gasteiger charge is 2.24. The monoisotopic (exact) mass is 399 g/mol. The Balaban J connectivity index is 1.36. The largest absolute Gasteiger partial charge is 0.474 e. The fourth-order valence-electron chi connectivity index (χ4n) is 3.28. The molecule has 7 heteroatoms. The number of amides is 2. The topological polar surface area (TPSA) is 54.5 Å². The molecule has 2 amide bonds. The molecule has 1 aliphatic heterocycles. The summed E-state index contributed by atoms with van der Waals surface area (Å²) in [7, 11) is 0. The third kappa shape index (κ3) is 4.17. The number of piperidine rings is 1. The first-order valence-corrected chi connectivity index (χ1v) is 9.49. The Morgan fingerprint density at radius 3 is 2.64 bits per heavy atom. The van der Waals surface area contributed by atoms with E-state index in [1.807, 2.05) is 6.07 Å². The Morgan fingerprint density at radius 2 is 1.89 bits per heavy atom. The first-order valence-electron chi connectivity index (χ1n) is 9.11. The molecule has 0 saturated carbocycles. The standard InChI is InChI=1S/C21H19ClFN3O2/c22-15-2-5-17(6-3-15)25-21(27)26-11-8-18(9-12-26)28-20-19-13-16(23)4-1-14(19)7-10-24-20/h1-7,10,13,18H,8-9,11-12H2,(H,25,27). The maximum Gasteiger partial charge on any atom is 0.321 e. The molecule has 0 unspecified atom stereocenters. The molecule has 2 heterocycles. The molecule has 28 heavy (non-hydrogen) atoms. The molecule has 1 N–H and O–H groups in total. The zero-order valence-electron chi connectivity index (χ0n) is 15.1. The first kappa shape index (κ1) is 18.5. The highest BCUT2D eigenvalue weighted by atomic mass is 35.5. The van der Waals surface area contributed by atoms with Crippen LogP contribution in [-0.4, -0.2) is 35.1 Å². The summed E-state index contributed by atoms with van der Waals surface area (Å²) in [6.07, 6.45) is 2.95. The molecule has 0 spiro atoms. The van der Waals surface area contributed by atoms with E-state index in [-0.39, 0.29) is 18.0 Å². The summed E-state index contributed by atoms with van der Waals surface area (Å²) in [5.41, 5.74) is 0.703. The molecular formula is C21H19ClFN3O2. The van der Waals surface area contributed by atoms with Crippen LogP contribution in [-0.2, 0) is 0 Å². The minimum atomic E-state index is -0.320. The number of fused-ring (bicyclic) bond motifs is 1. The molecule has 1 aromatic heterocycles. The number of rotatable bonds is 3. The average molecular weight is 400 g/mol. The van der Waals surface area contributed by atoms with Gasteiger partial charge in [0.25, 0.3) is 0 Å². The molecule has 2 aromatic carbocycles. The van der Waals surface area contributed by atoms with Crippen LogP contribution in [0.4, 0.5) is 14.9 Å².